The van der Waals surface area contributed by atoms with Crippen LogP contribution in [0.2, 0.25) is 10.0 Å². The topological polar surface area (TPSA) is 85.2 Å². The van der Waals surface area contributed by atoms with Gasteiger partial charge < -0.3 is 24.4 Å². The van der Waals surface area contributed by atoms with Gasteiger partial charge in [0.1, 0.15) is 29.3 Å². The summed E-state index contributed by atoms with van der Waals surface area (Å²) in [5.74, 6) is -0.576. The Bertz CT molecular complexity index is 1240. The zero-order valence-electron chi connectivity index (χ0n) is 16.9. The lowest BCUT2D eigenvalue weighted by Crippen LogP contribution is -2.08. The first-order valence-electron chi connectivity index (χ1n) is 9.73. The first kappa shape index (κ1) is 24.4. The number of phenolic OH excluding ortho intramolecular Hbond substituents is 1. The molecule has 178 valence electrons. The molecule has 1 aliphatic carbocycles. The Balaban J connectivity index is 0.000000257. The number of aromatic hydroxyl groups is 1. The highest BCUT2D eigenvalue weighted by atomic mass is 79.9. The maximum absolute atomic E-state index is 12.5. The van der Waals surface area contributed by atoms with E-state index in [0.29, 0.717) is 21.0 Å². The summed E-state index contributed by atoms with van der Waals surface area (Å²) in [4.78, 5) is 11.1. The molecule has 5 rings (SSSR count). The van der Waals surface area contributed by atoms with Crippen molar-refractivity contribution in [3.8, 4) is 28.7 Å². The maximum atomic E-state index is 12.5. The van der Waals surface area contributed by atoms with Gasteiger partial charge in [0.05, 0.1) is 4.47 Å². The van der Waals surface area contributed by atoms with Crippen molar-refractivity contribution in [3.05, 3.63) is 74.7 Å². The van der Waals surface area contributed by atoms with Crippen molar-refractivity contribution in [1.82, 2.24) is 0 Å². The van der Waals surface area contributed by atoms with Crippen LogP contribution >= 0.6 is 39.1 Å². The summed E-state index contributed by atoms with van der Waals surface area (Å²) >= 11 is 14.4. The molecule has 0 radical (unpaired) electrons. The summed E-state index contributed by atoms with van der Waals surface area (Å²) in [5.41, 5.74) is 0.810. The van der Waals surface area contributed by atoms with Crippen molar-refractivity contribution in [3.63, 3.8) is 0 Å². The SMILES string of the molecule is O=C(O)C1C2Oc3cc(Oc4ccc(Cl)cc4OC(F)F)ccc3C21.Oc1cc(Cl)ccc1Br. The summed E-state index contributed by atoms with van der Waals surface area (Å²) in [6.45, 7) is -3.01. The molecule has 0 amide bonds. The molecule has 0 bridgehead atoms. The number of fused-ring (bicyclic) bond motifs is 3. The molecule has 2 aliphatic rings. The van der Waals surface area contributed by atoms with Crippen molar-refractivity contribution >= 4 is 45.1 Å². The number of carbonyl (C=O) groups is 1. The minimum atomic E-state index is -3.01. The molecule has 11 heteroatoms. The third-order valence-corrected chi connectivity index (χ3v) is 6.24. The van der Waals surface area contributed by atoms with Crippen LogP contribution < -0.4 is 14.2 Å². The third kappa shape index (κ3) is 5.32. The standard InChI is InChI=1S/C17H11ClF2O5.C6H4BrClO/c18-7-1-4-10(12(5-7)25-17(19)20)23-8-2-3-9-11(6-8)24-15-13(9)14(15)16(21)22;7-5-2-1-4(8)3-6(5)9/h1-6,13-15,17H,(H,21,22);1-3,9H. The zero-order valence-corrected chi connectivity index (χ0v) is 20.0. The number of alkyl halides is 2. The van der Waals surface area contributed by atoms with E-state index < -0.39 is 18.5 Å². The predicted octanol–water partition coefficient (Wildman–Crippen LogP) is 7.10. The number of ether oxygens (including phenoxy) is 3. The molecule has 1 saturated carbocycles. The Kier molecular flexibility index (Phi) is 7.06. The van der Waals surface area contributed by atoms with Gasteiger partial charge in [0.2, 0.25) is 0 Å². The number of aliphatic carboxylic acids is 1. The molecule has 6 nitrogen and oxygen atoms in total. The average molecular weight is 576 g/mol. The lowest BCUT2D eigenvalue weighted by atomic mass is 10.1. The first-order valence-corrected chi connectivity index (χ1v) is 11.3. The van der Waals surface area contributed by atoms with Gasteiger partial charge in [-0.15, -0.1) is 0 Å². The molecule has 3 aromatic carbocycles. The highest BCUT2D eigenvalue weighted by molar-refractivity contribution is 9.10. The fourth-order valence-electron chi connectivity index (χ4n) is 3.56. The maximum Gasteiger partial charge on any atom is 0.387 e. The number of hydrogen-bond acceptors (Lipinski definition) is 5. The average Bonchev–Trinajstić information content (AvgIpc) is 3.36. The van der Waals surface area contributed by atoms with E-state index in [4.69, 9.17) is 42.9 Å². The second-order valence-corrected chi connectivity index (χ2v) is 9.07. The van der Waals surface area contributed by atoms with Crippen molar-refractivity contribution in [2.24, 2.45) is 5.92 Å². The number of phenols is 1. The Morgan fingerprint density at radius 1 is 1.03 bits per heavy atom. The largest absolute Gasteiger partial charge is 0.507 e. The molecule has 34 heavy (non-hydrogen) atoms. The monoisotopic (exact) mass is 574 g/mol. The molecule has 3 atom stereocenters. The Hall–Kier alpha value is -2.75. The normalized spacial score (nSPS) is 19.3. The second kappa shape index (κ2) is 9.85. The van der Waals surface area contributed by atoms with Crippen LogP contribution in [0, 0.1) is 5.92 Å². The van der Waals surface area contributed by atoms with Gasteiger partial charge in [0.25, 0.3) is 0 Å². The van der Waals surface area contributed by atoms with E-state index in [9.17, 15) is 13.6 Å². The van der Waals surface area contributed by atoms with Crippen LogP contribution in [-0.4, -0.2) is 28.9 Å². The fourth-order valence-corrected chi connectivity index (χ4v) is 4.14. The minimum Gasteiger partial charge on any atom is -0.507 e. The van der Waals surface area contributed by atoms with Gasteiger partial charge in [-0.1, -0.05) is 29.3 Å². The second-order valence-electron chi connectivity index (χ2n) is 7.34. The quantitative estimate of drug-likeness (QED) is 0.337. The molecule has 3 aromatic rings. The van der Waals surface area contributed by atoms with Crippen molar-refractivity contribution in [2.75, 3.05) is 0 Å². The van der Waals surface area contributed by atoms with E-state index in [1.54, 1.807) is 30.3 Å². The van der Waals surface area contributed by atoms with Crippen LogP contribution in [0.3, 0.4) is 0 Å². The van der Waals surface area contributed by atoms with E-state index in [-0.39, 0.29) is 34.3 Å². The van der Waals surface area contributed by atoms with Gasteiger partial charge in [-0.05, 0) is 52.3 Å². The number of benzene rings is 3. The number of halogens is 5. The molecular weight excluding hydrogens is 561 g/mol. The van der Waals surface area contributed by atoms with E-state index in [1.165, 1.54) is 24.3 Å². The molecule has 1 fully saturated rings. The van der Waals surface area contributed by atoms with Crippen LogP contribution in [0.5, 0.6) is 28.7 Å². The lowest BCUT2D eigenvalue weighted by molar-refractivity contribution is -0.139. The van der Waals surface area contributed by atoms with Gasteiger partial charge in [0.15, 0.2) is 11.5 Å². The minimum absolute atomic E-state index is 0.0798. The van der Waals surface area contributed by atoms with Gasteiger partial charge in [-0.2, -0.15) is 8.78 Å². The van der Waals surface area contributed by atoms with Crippen LogP contribution in [0.4, 0.5) is 8.78 Å². The Morgan fingerprint density at radius 2 is 1.74 bits per heavy atom. The van der Waals surface area contributed by atoms with Crippen LogP contribution in [-0.2, 0) is 4.79 Å². The Morgan fingerprint density at radius 3 is 2.38 bits per heavy atom. The van der Waals surface area contributed by atoms with Gasteiger partial charge in [-0.25, -0.2) is 0 Å². The van der Waals surface area contributed by atoms with Gasteiger partial charge in [-0.3, -0.25) is 4.79 Å². The molecular formula is C23H15BrCl2F2O6. The van der Waals surface area contributed by atoms with E-state index in [1.807, 2.05) is 0 Å². The lowest BCUT2D eigenvalue weighted by Gasteiger charge is -2.13. The number of carboxylic acid groups (broad SMARTS) is 1. The van der Waals surface area contributed by atoms with E-state index >= 15 is 0 Å². The molecule has 1 aliphatic heterocycles. The summed E-state index contributed by atoms with van der Waals surface area (Å²) in [5, 5.41) is 18.8. The fraction of sp³-hybridized carbons (Fsp3) is 0.174. The van der Waals surface area contributed by atoms with Crippen LogP contribution in [0.25, 0.3) is 0 Å². The number of carboxylic acids is 1. The van der Waals surface area contributed by atoms with E-state index in [0.717, 1.165) is 5.56 Å². The summed E-state index contributed by atoms with van der Waals surface area (Å²) < 4.78 is 41.3. The summed E-state index contributed by atoms with van der Waals surface area (Å²) in [7, 11) is 0. The van der Waals surface area contributed by atoms with Gasteiger partial charge in [0, 0.05) is 33.7 Å². The highest BCUT2D eigenvalue weighted by Gasteiger charge is 2.63. The summed E-state index contributed by atoms with van der Waals surface area (Å²) in [6, 6.07) is 14.0. The molecule has 2 N–H and O–H groups in total. The van der Waals surface area contributed by atoms with Crippen LogP contribution in [0.15, 0.2) is 59.1 Å². The van der Waals surface area contributed by atoms with Gasteiger partial charge >= 0.3 is 12.6 Å². The van der Waals surface area contributed by atoms with Crippen LogP contribution in [0.1, 0.15) is 11.5 Å². The highest BCUT2D eigenvalue weighted by Crippen LogP contribution is 2.59. The number of hydrogen-bond donors (Lipinski definition) is 2. The molecule has 1 heterocycles. The molecule has 0 saturated heterocycles. The number of rotatable bonds is 5. The third-order valence-electron chi connectivity index (χ3n) is 5.10. The molecule has 0 spiro atoms. The smallest absolute Gasteiger partial charge is 0.387 e. The molecule has 3 unspecified atom stereocenters. The molecule has 0 aromatic heterocycles. The van der Waals surface area contributed by atoms with Crippen molar-refractivity contribution in [1.29, 1.82) is 0 Å². The van der Waals surface area contributed by atoms with Crippen molar-refractivity contribution < 1.29 is 38.0 Å². The predicted molar refractivity (Wildman–Crippen MR) is 124 cm³/mol. The zero-order chi connectivity index (χ0) is 24.6. The first-order chi connectivity index (χ1) is 16.1. The summed E-state index contributed by atoms with van der Waals surface area (Å²) in [6.07, 6.45) is -0.351. The van der Waals surface area contributed by atoms with Crippen molar-refractivity contribution in [2.45, 2.75) is 18.6 Å². The van der Waals surface area contributed by atoms with E-state index in [2.05, 4.69) is 20.7 Å². The Labute approximate surface area is 210 Å².